The number of nitrogens with zero attached hydrogens (tertiary/aromatic N) is 2. The standard InChI is InChI=1S/C17H29N3.CH2O2/c1-17(2,3)20-12-11-19(14-16(20)9-10-18)13-15-7-5-4-6-8-15;2-1-3/h4-8,16H,9-14,18H2,1-3H3;1H,(H,2,3). The quantitative estimate of drug-likeness (QED) is 0.830. The monoisotopic (exact) mass is 321 g/mol. The number of hydrogen-bond acceptors (Lipinski definition) is 4. The van der Waals surface area contributed by atoms with Crippen LogP contribution < -0.4 is 5.73 Å². The second-order valence-corrected chi connectivity index (χ2v) is 6.92. The van der Waals surface area contributed by atoms with Gasteiger partial charge in [0, 0.05) is 37.8 Å². The molecule has 1 aliphatic heterocycles. The number of benzene rings is 1. The average Bonchev–Trinajstić information content (AvgIpc) is 2.48. The Morgan fingerprint density at radius 1 is 1.26 bits per heavy atom. The molecule has 5 nitrogen and oxygen atoms in total. The summed E-state index contributed by atoms with van der Waals surface area (Å²) in [6, 6.07) is 11.3. The van der Waals surface area contributed by atoms with Crippen LogP contribution in [0, 0.1) is 0 Å². The minimum Gasteiger partial charge on any atom is -0.483 e. The fraction of sp³-hybridized carbons (Fsp3) is 0.611. The first-order valence-electron chi connectivity index (χ1n) is 8.23. The van der Waals surface area contributed by atoms with Crippen molar-refractivity contribution < 1.29 is 9.90 Å². The van der Waals surface area contributed by atoms with Crippen LogP contribution in [0.2, 0.25) is 0 Å². The van der Waals surface area contributed by atoms with E-state index in [-0.39, 0.29) is 12.0 Å². The topological polar surface area (TPSA) is 69.8 Å². The van der Waals surface area contributed by atoms with Gasteiger partial charge in [-0.1, -0.05) is 30.3 Å². The summed E-state index contributed by atoms with van der Waals surface area (Å²) in [5.74, 6) is 0. The molecule has 1 fully saturated rings. The number of carboxylic acid groups (broad SMARTS) is 1. The predicted molar refractivity (Wildman–Crippen MR) is 94.3 cm³/mol. The van der Waals surface area contributed by atoms with Gasteiger partial charge in [0.2, 0.25) is 0 Å². The lowest BCUT2D eigenvalue weighted by Crippen LogP contribution is -2.59. The Kier molecular flexibility index (Phi) is 8.23. The zero-order valence-corrected chi connectivity index (χ0v) is 14.6. The van der Waals surface area contributed by atoms with E-state index in [1.165, 1.54) is 5.56 Å². The molecule has 1 atom stereocenters. The molecule has 23 heavy (non-hydrogen) atoms. The Bertz CT molecular complexity index is 445. The third-order valence-corrected chi connectivity index (χ3v) is 4.18. The lowest BCUT2D eigenvalue weighted by Gasteiger charge is -2.48. The molecule has 0 aliphatic carbocycles. The lowest BCUT2D eigenvalue weighted by atomic mass is 9.98. The van der Waals surface area contributed by atoms with Gasteiger partial charge in [0.15, 0.2) is 0 Å². The van der Waals surface area contributed by atoms with Crippen molar-refractivity contribution in [1.29, 1.82) is 0 Å². The first kappa shape index (κ1) is 19.6. The average molecular weight is 321 g/mol. The third kappa shape index (κ3) is 6.69. The van der Waals surface area contributed by atoms with Crippen LogP contribution in [0.4, 0.5) is 0 Å². The van der Waals surface area contributed by atoms with E-state index in [1.54, 1.807) is 0 Å². The van der Waals surface area contributed by atoms with Crippen molar-refractivity contribution in [3.05, 3.63) is 35.9 Å². The van der Waals surface area contributed by atoms with Gasteiger partial charge in [0.1, 0.15) is 0 Å². The summed E-state index contributed by atoms with van der Waals surface area (Å²) in [4.78, 5) is 13.6. The van der Waals surface area contributed by atoms with Gasteiger partial charge in [-0.2, -0.15) is 0 Å². The highest BCUT2D eigenvalue weighted by Crippen LogP contribution is 2.23. The van der Waals surface area contributed by atoms with E-state index in [2.05, 4.69) is 60.9 Å². The number of hydrogen-bond donors (Lipinski definition) is 2. The number of rotatable bonds is 4. The highest BCUT2D eigenvalue weighted by molar-refractivity contribution is 5.32. The SMILES string of the molecule is CC(C)(C)N1CCN(Cc2ccccc2)CC1CCN.O=CO. The molecule has 0 saturated carbocycles. The van der Waals surface area contributed by atoms with Crippen LogP contribution in [0.15, 0.2) is 30.3 Å². The maximum atomic E-state index is 8.36. The van der Waals surface area contributed by atoms with Crippen LogP contribution in [-0.2, 0) is 11.3 Å². The predicted octanol–water partition coefficient (Wildman–Crippen LogP) is 2.02. The van der Waals surface area contributed by atoms with E-state index >= 15 is 0 Å². The molecule has 0 spiro atoms. The molecule has 0 aromatic heterocycles. The Morgan fingerprint density at radius 3 is 2.39 bits per heavy atom. The summed E-state index contributed by atoms with van der Waals surface area (Å²) in [5, 5.41) is 6.89. The Labute approximate surface area is 140 Å². The first-order valence-corrected chi connectivity index (χ1v) is 8.23. The van der Waals surface area contributed by atoms with Crippen LogP contribution in [0.3, 0.4) is 0 Å². The molecular weight excluding hydrogens is 290 g/mol. The van der Waals surface area contributed by atoms with Crippen LogP contribution in [0.25, 0.3) is 0 Å². The number of piperazine rings is 1. The van der Waals surface area contributed by atoms with Crippen molar-refractivity contribution in [2.75, 3.05) is 26.2 Å². The molecule has 1 aromatic rings. The second-order valence-electron chi connectivity index (χ2n) is 6.92. The number of nitrogens with two attached hydrogens (primary N) is 1. The lowest BCUT2D eigenvalue weighted by molar-refractivity contribution is -0.122. The summed E-state index contributed by atoms with van der Waals surface area (Å²) >= 11 is 0. The first-order chi connectivity index (χ1) is 10.9. The number of carbonyl (C=O) groups is 1. The minimum absolute atomic E-state index is 0.235. The fourth-order valence-electron chi connectivity index (χ4n) is 3.23. The zero-order valence-electron chi connectivity index (χ0n) is 14.6. The normalized spacial score (nSPS) is 19.7. The van der Waals surface area contributed by atoms with E-state index in [9.17, 15) is 0 Å². The van der Waals surface area contributed by atoms with Crippen LogP contribution >= 0.6 is 0 Å². The van der Waals surface area contributed by atoms with Gasteiger partial charge in [-0.25, -0.2) is 0 Å². The molecule has 5 heteroatoms. The van der Waals surface area contributed by atoms with Gasteiger partial charge in [-0.15, -0.1) is 0 Å². The van der Waals surface area contributed by atoms with Crippen LogP contribution in [0.5, 0.6) is 0 Å². The third-order valence-electron chi connectivity index (χ3n) is 4.18. The molecular formula is C18H31N3O2. The van der Waals surface area contributed by atoms with E-state index in [4.69, 9.17) is 15.6 Å². The maximum Gasteiger partial charge on any atom is 0.290 e. The van der Waals surface area contributed by atoms with Gasteiger partial charge in [-0.05, 0) is 39.3 Å². The van der Waals surface area contributed by atoms with Gasteiger partial charge < -0.3 is 10.8 Å². The van der Waals surface area contributed by atoms with Crippen molar-refractivity contribution in [1.82, 2.24) is 9.80 Å². The van der Waals surface area contributed by atoms with Gasteiger partial charge in [-0.3, -0.25) is 14.6 Å². The molecule has 0 amide bonds. The molecule has 3 N–H and O–H groups in total. The largest absolute Gasteiger partial charge is 0.483 e. The van der Waals surface area contributed by atoms with Crippen molar-refractivity contribution >= 4 is 6.47 Å². The van der Waals surface area contributed by atoms with Crippen LogP contribution in [0.1, 0.15) is 32.8 Å². The summed E-state index contributed by atoms with van der Waals surface area (Å²) < 4.78 is 0. The summed E-state index contributed by atoms with van der Waals surface area (Å²) in [6.07, 6.45) is 1.09. The van der Waals surface area contributed by atoms with Gasteiger partial charge >= 0.3 is 0 Å². The molecule has 0 radical (unpaired) electrons. The second kappa shape index (κ2) is 9.65. The summed E-state index contributed by atoms with van der Waals surface area (Å²) in [7, 11) is 0. The smallest absolute Gasteiger partial charge is 0.290 e. The summed E-state index contributed by atoms with van der Waals surface area (Å²) in [5.41, 5.74) is 7.46. The van der Waals surface area contributed by atoms with Crippen LogP contribution in [-0.4, -0.2) is 59.1 Å². The Morgan fingerprint density at radius 2 is 1.87 bits per heavy atom. The molecule has 130 valence electrons. The molecule has 1 unspecified atom stereocenters. The van der Waals surface area contributed by atoms with Crippen molar-refractivity contribution in [2.45, 2.75) is 45.3 Å². The molecule has 2 rings (SSSR count). The van der Waals surface area contributed by atoms with E-state index in [1.807, 2.05) is 0 Å². The Hall–Kier alpha value is -1.43. The fourth-order valence-corrected chi connectivity index (χ4v) is 3.23. The van der Waals surface area contributed by atoms with Gasteiger partial charge in [0.25, 0.3) is 6.47 Å². The van der Waals surface area contributed by atoms with E-state index in [0.29, 0.717) is 6.04 Å². The molecule has 0 bridgehead atoms. The van der Waals surface area contributed by atoms with E-state index < -0.39 is 0 Å². The Balaban J connectivity index is 0.000000816. The molecule has 1 aromatic carbocycles. The molecule has 1 aliphatic rings. The highest BCUT2D eigenvalue weighted by Gasteiger charge is 2.33. The maximum absolute atomic E-state index is 8.36. The highest BCUT2D eigenvalue weighted by atomic mass is 16.3. The molecule has 1 saturated heterocycles. The van der Waals surface area contributed by atoms with Crippen molar-refractivity contribution in [3.8, 4) is 0 Å². The van der Waals surface area contributed by atoms with Crippen molar-refractivity contribution in [3.63, 3.8) is 0 Å². The van der Waals surface area contributed by atoms with Crippen molar-refractivity contribution in [2.24, 2.45) is 5.73 Å². The summed E-state index contributed by atoms with van der Waals surface area (Å²) in [6.45, 7) is 11.9. The zero-order chi connectivity index (χ0) is 17.3. The van der Waals surface area contributed by atoms with Gasteiger partial charge in [0.05, 0.1) is 0 Å². The van der Waals surface area contributed by atoms with E-state index in [0.717, 1.165) is 39.1 Å². The minimum atomic E-state index is -0.250. The molecule has 1 heterocycles.